The maximum Gasteiger partial charge on any atom is 0.232 e. The van der Waals surface area contributed by atoms with Crippen molar-refractivity contribution in [3.8, 4) is 5.88 Å². The molecule has 0 unspecified atom stereocenters. The highest BCUT2D eigenvalue weighted by Crippen LogP contribution is 2.19. The molecule has 1 aromatic carbocycles. The van der Waals surface area contributed by atoms with Gasteiger partial charge < -0.3 is 15.4 Å². The van der Waals surface area contributed by atoms with Gasteiger partial charge in [-0.15, -0.1) is 24.0 Å². The summed E-state index contributed by atoms with van der Waals surface area (Å²) in [7, 11) is -3.22. The van der Waals surface area contributed by atoms with Crippen molar-refractivity contribution >= 4 is 51.4 Å². The fraction of sp³-hybridized carbons (Fsp3) is 0.368. The van der Waals surface area contributed by atoms with E-state index in [1.54, 1.807) is 37.4 Å². The SMILES string of the molecule is CCNC(=NCc1ccc(S(C)(=O)=O)c(C)c1)NCCOc1ncccc1Cl.I. The van der Waals surface area contributed by atoms with Crippen molar-refractivity contribution in [1.29, 1.82) is 0 Å². The average molecular weight is 553 g/mol. The minimum atomic E-state index is -3.22. The fourth-order valence-electron chi connectivity index (χ4n) is 2.53. The van der Waals surface area contributed by atoms with E-state index in [-0.39, 0.29) is 24.0 Å². The number of halogens is 2. The molecule has 0 aliphatic heterocycles. The molecule has 0 aliphatic rings. The molecule has 29 heavy (non-hydrogen) atoms. The number of aliphatic imine (C=N–C) groups is 1. The molecule has 160 valence electrons. The number of nitrogens with one attached hydrogen (secondary N) is 2. The first kappa shape index (κ1) is 25.4. The summed E-state index contributed by atoms with van der Waals surface area (Å²) in [6, 6.07) is 8.71. The highest BCUT2D eigenvalue weighted by atomic mass is 127. The Bertz CT molecular complexity index is 939. The number of aryl methyl sites for hydroxylation is 1. The van der Waals surface area contributed by atoms with Crippen LogP contribution in [0, 0.1) is 6.92 Å². The Kier molecular flexibility index (Phi) is 10.7. The van der Waals surface area contributed by atoms with Gasteiger partial charge >= 0.3 is 0 Å². The molecular weight excluding hydrogens is 527 g/mol. The molecule has 0 fully saturated rings. The van der Waals surface area contributed by atoms with Gasteiger partial charge in [-0.25, -0.2) is 18.4 Å². The number of hydrogen-bond acceptors (Lipinski definition) is 5. The molecule has 1 aromatic heterocycles. The summed E-state index contributed by atoms with van der Waals surface area (Å²) < 4.78 is 29.0. The van der Waals surface area contributed by atoms with Gasteiger partial charge in [0.05, 0.1) is 18.0 Å². The Labute approximate surface area is 194 Å². The number of guanidine groups is 1. The van der Waals surface area contributed by atoms with Gasteiger partial charge in [-0.2, -0.15) is 0 Å². The Balaban J connectivity index is 0.00000420. The van der Waals surface area contributed by atoms with Crippen molar-refractivity contribution in [3.63, 3.8) is 0 Å². The minimum absolute atomic E-state index is 0. The van der Waals surface area contributed by atoms with Crippen LogP contribution in [-0.2, 0) is 16.4 Å². The standard InChI is InChI=1S/C19H25ClN4O3S.HI/c1-4-21-19(23-10-11-27-18-16(20)6-5-9-22-18)24-13-15-7-8-17(14(2)12-15)28(3,25)26;/h5-9,12H,4,10-11,13H2,1-3H3,(H2,21,23,24);1H. The van der Waals surface area contributed by atoms with Crippen LogP contribution in [0.2, 0.25) is 5.02 Å². The molecule has 2 aromatic rings. The van der Waals surface area contributed by atoms with E-state index in [0.29, 0.717) is 53.6 Å². The number of benzene rings is 1. The Morgan fingerprint density at radius 1 is 1.28 bits per heavy atom. The van der Waals surface area contributed by atoms with Crippen LogP contribution < -0.4 is 15.4 Å². The van der Waals surface area contributed by atoms with Crippen LogP contribution in [0.4, 0.5) is 0 Å². The minimum Gasteiger partial charge on any atom is -0.475 e. The molecule has 2 rings (SSSR count). The summed E-state index contributed by atoms with van der Waals surface area (Å²) in [5, 5.41) is 6.81. The maximum atomic E-state index is 11.7. The first-order chi connectivity index (χ1) is 13.3. The van der Waals surface area contributed by atoms with Gasteiger partial charge in [-0.3, -0.25) is 0 Å². The van der Waals surface area contributed by atoms with Gasteiger partial charge in [0.25, 0.3) is 0 Å². The lowest BCUT2D eigenvalue weighted by molar-refractivity contribution is 0.310. The van der Waals surface area contributed by atoms with E-state index in [0.717, 1.165) is 5.56 Å². The van der Waals surface area contributed by atoms with Crippen LogP contribution in [0.15, 0.2) is 46.4 Å². The van der Waals surface area contributed by atoms with Crippen LogP contribution in [0.1, 0.15) is 18.1 Å². The zero-order chi connectivity index (χ0) is 20.6. The van der Waals surface area contributed by atoms with Crippen molar-refractivity contribution in [3.05, 3.63) is 52.7 Å². The monoisotopic (exact) mass is 552 g/mol. The molecule has 0 amide bonds. The van der Waals surface area contributed by atoms with E-state index in [1.807, 2.05) is 13.0 Å². The average Bonchev–Trinajstić information content (AvgIpc) is 2.63. The number of nitrogens with zero attached hydrogens (tertiary/aromatic N) is 2. The first-order valence-electron chi connectivity index (χ1n) is 8.86. The summed E-state index contributed by atoms with van der Waals surface area (Å²) in [4.78, 5) is 8.94. The van der Waals surface area contributed by atoms with E-state index < -0.39 is 9.84 Å². The normalized spacial score (nSPS) is 11.5. The number of sulfone groups is 1. The Morgan fingerprint density at radius 2 is 2.03 bits per heavy atom. The second kappa shape index (κ2) is 12.2. The van der Waals surface area contributed by atoms with Crippen molar-refractivity contribution in [1.82, 2.24) is 15.6 Å². The summed E-state index contributed by atoms with van der Waals surface area (Å²) in [5.41, 5.74) is 1.65. The number of ether oxygens (including phenoxy) is 1. The van der Waals surface area contributed by atoms with E-state index in [1.165, 1.54) is 6.26 Å². The molecule has 0 saturated carbocycles. The van der Waals surface area contributed by atoms with Crippen molar-refractivity contribution < 1.29 is 13.2 Å². The van der Waals surface area contributed by atoms with Crippen molar-refractivity contribution in [2.24, 2.45) is 4.99 Å². The number of rotatable bonds is 8. The molecule has 7 nitrogen and oxygen atoms in total. The Hall–Kier alpha value is -1.59. The topological polar surface area (TPSA) is 92.7 Å². The molecular formula is C19H26ClIN4O3S. The third-order valence-electron chi connectivity index (χ3n) is 3.76. The molecule has 0 bridgehead atoms. The largest absolute Gasteiger partial charge is 0.475 e. The van der Waals surface area contributed by atoms with Gasteiger partial charge in [0.2, 0.25) is 5.88 Å². The van der Waals surface area contributed by atoms with Gasteiger partial charge in [-0.05, 0) is 43.2 Å². The summed E-state index contributed by atoms with van der Waals surface area (Å²) in [6.07, 6.45) is 2.83. The zero-order valence-electron chi connectivity index (χ0n) is 16.6. The van der Waals surface area contributed by atoms with Gasteiger partial charge in [0, 0.05) is 19.0 Å². The second-order valence-corrected chi connectivity index (χ2v) is 8.52. The second-order valence-electron chi connectivity index (χ2n) is 6.13. The van der Waals surface area contributed by atoms with Crippen molar-refractivity contribution in [2.45, 2.75) is 25.3 Å². The van der Waals surface area contributed by atoms with Crippen LogP contribution in [0.25, 0.3) is 0 Å². The molecule has 0 saturated heterocycles. The van der Waals surface area contributed by atoms with Gasteiger partial charge in [0.1, 0.15) is 11.6 Å². The van der Waals surface area contributed by atoms with Crippen molar-refractivity contribution in [2.75, 3.05) is 26.0 Å². The van der Waals surface area contributed by atoms with E-state index in [2.05, 4.69) is 20.6 Å². The van der Waals surface area contributed by atoms with Crippen LogP contribution in [0.3, 0.4) is 0 Å². The molecule has 0 spiro atoms. The number of hydrogen-bond donors (Lipinski definition) is 2. The molecule has 0 aliphatic carbocycles. The number of pyridine rings is 1. The molecule has 2 N–H and O–H groups in total. The lowest BCUT2D eigenvalue weighted by Gasteiger charge is -2.12. The van der Waals surface area contributed by atoms with Crippen LogP contribution in [-0.4, -0.2) is 45.3 Å². The molecule has 0 atom stereocenters. The lowest BCUT2D eigenvalue weighted by Crippen LogP contribution is -2.39. The summed E-state index contributed by atoms with van der Waals surface area (Å²) in [5.74, 6) is 1.04. The van der Waals surface area contributed by atoms with Gasteiger partial charge in [0.15, 0.2) is 15.8 Å². The highest BCUT2D eigenvalue weighted by molar-refractivity contribution is 14.0. The zero-order valence-corrected chi connectivity index (χ0v) is 20.5. The maximum absolute atomic E-state index is 11.7. The lowest BCUT2D eigenvalue weighted by atomic mass is 10.1. The van der Waals surface area contributed by atoms with E-state index in [9.17, 15) is 8.42 Å². The van der Waals surface area contributed by atoms with E-state index in [4.69, 9.17) is 16.3 Å². The number of aromatic nitrogens is 1. The fourth-order valence-corrected chi connectivity index (χ4v) is 3.67. The van der Waals surface area contributed by atoms with Gasteiger partial charge in [-0.1, -0.05) is 23.7 Å². The Morgan fingerprint density at radius 3 is 2.66 bits per heavy atom. The van der Waals surface area contributed by atoms with Crippen LogP contribution >= 0.6 is 35.6 Å². The molecule has 1 heterocycles. The summed E-state index contributed by atoms with van der Waals surface area (Å²) >= 11 is 6.00. The smallest absolute Gasteiger partial charge is 0.232 e. The quantitative estimate of drug-likeness (QED) is 0.226. The van der Waals surface area contributed by atoms with Crippen LogP contribution in [0.5, 0.6) is 5.88 Å². The molecule has 0 radical (unpaired) electrons. The highest BCUT2D eigenvalue weighted by Gasteiger charge is 2.10. The molecule has 10 heteroatoms. The third kappa shape index (κ3) is 8.35. The predicted octanol–water partition coefficient (Wildman–Crippen LogP) is 3.20. The predicted molar refractivity (Wildman–Crippen MR) is 127 cm³/mol. The third-order valence-corrected chi connectivity index (χ3v) is 5.31. The van der Waals surface area contributed by atoms with E-state index >= 15 is 0 Å². The summed E-state index contributed by atoms with van der Waals surface area (Å²) in [6.45, 7) is 5.80. The first-order valence-corrected chi connectivity index (χ1v) is 11.1.